The molecule has 0 aromatic heterocycles. The second kappa shape index (κ2) is 6.61. The molecule has 0 spiro atoms. The van der Waals surface area contributed by atoms with Crippen molar-refractivity contribution in [3.63, 3.8) is 0 Å². The molecule has 1 fully saturated rings. The zero-order valence-corrected chi connectivity index (χ0v) is 11.5. The highest BCUT2D eigenvalue weighted by Crippen LogP contribution is 2.29. The van der Waals surface area contributed by atoms with E-state index < -0.39 is 5.91 Å². The number of nitrogens with two attached hydrogens (primary N) is 1. The molecule has 102 valence electrons. The molecule has 4 nitrogen and oxygen atoms in total. The molecule has 0 saturated heterocycles. The maximum Gasteiger partial charge on any atom is 0.250 e. The van der Waals surface area contributed by atoms with Gasteiger partial charge in [-0.15, -0.1) is 11.8 Å². The van der Waals surface area contributed by atoms with Crippen molar-refractivity contribution in [3.05, 3.63) is 29.8 Å². The van der Waals surface area contributed by atoms with Crippen LogP contribution in [0.25, 0.3) is 0 Å². The normalized spacial score (nSPS) is 15.4. The lowest BCUT2D eigenvalue weighted by Crippen LogP contribution is -2.20. The van der Waals surface area contributed by atoms with Gasteiger partial charge < -0.3 is 11.1 Å². The van der Waals surface area contributed by atoms with Crippen LogP contribution in [0.1, 0.15) is 36.0 Å². The molecule has 5 heteroatoms. The lowest BCUT2D eigenvalue weighted by Gasteiger charge is -2.10. The number of hydrogen-bond acceptors (Lipinski definition) is 3. The number of primary amides is 1. The highest BCUT2D eigenvalue weighted by molar-refractivity contribution is 8.00. The van der Waals surface area contributed by atoms with E-state index in [1.165, 1.54) is 25.7 Å². The fourth-order valence-corrected chi connectivity index (χ4v) is 3.37. The monoisotopic (exact) mass is 278 g/mol. The summed E-state index contributed by atoms with van der Waals surface area (Å²) in [7, 11) is 0. The summed E-state index contributed by atoms with van der Waals surface area (Å²) in [6.07, 6.45) is 4.94. The minimum Gasteiger partial charge on any atom is -0.366 e. The van der Waals surface area contributed by atoms with E-state index in [9.17, 15) is 9.59 Å². The molecule has 1 aliphatic carbocycles. The van der Waals surface area contributed by atoms with E-state index in [0.717, 1.165) is 0 Å². The van der Waals surface area contributed by atoms with Gasteiger partial charge in [0.2, 0.25) is 5.91 Å². The summed E-state index contributed by atoms with van der Waals surface area (Å²) in [5, 5.41) is 3.36. The number of carbonyl (C=O) groups excluding carboxylic acids is 2. The summed E-state index contributed by atoms with van der Waals surface area (Å²) in [6, 6.07) is 6.80. The van der Waals surface area contributed by atoms with Crippen molar-refractivity contribution in [2.75, 3.05) is 11.1 Å². The molecule has 0 unspecified atom stereocenters. The van der Waals surface area contributed by atoms with Crippen LogP contribution in [0.2, 0.25) is 0 Å². The molecule has 0 radical (unpaired) electrons. The summed E-state index contributed by atoms with van der Waals surface area (Å²) in [6.45, 7) is 0. The van der Waals surface area contributed by atoms with Crippen LogP contribution in [0.5, 0.6) is 0 Å². The average Bonchev–Trinajstić information content (AvgIpc) is 2.90. The molecule has 2 rings (SSSR count). The van der Waals surface area contributed by atoms with Gasteiger partial charge in [-0.05, 0) is 25.0 Å². The number of para-hydroxylation sites is 1. The molecule has 2 amide bonds. The topological polar surface area (TPSA) is 72.2 Å². The first-order chi connectivity index (χ1) is 9.16. The molecule has 1 aromatic carbocycles. The Morgan fingerprint density at radius 1 is 1.26 bits per heavy atom. The Kier molecular flexibility index (Phi) is 4.85. The van der Waals surface area contributed by atoms with Crippen molar-refractivity contribution in [2.24, 2.45) is 5.73 Å². The number of nitrogens with one attached hydrogen (secondary N) is 1. The van der Waals surface area contributed by atoms with Crippen LogP contribution in [-0.2, 0) is 4.79 Å². The highest BCUT2D eigenvalue weighted by atomic mass is 32.2. The number of thioether (sulfide) groups is 1. The van der Waals surface area contributed by atoms with Gasteiger partial charge in [0, 0.05) is 5.25 Å². The van der Waals surface area contributed by atoms with Crippen LogP contribution in [0, 0.1) is 0 Å². The van der Waals surface area contributed by atoms with E-state index in [2.05, 4.69) is 5.32 Å². The van der Waals surface area contributed by atoms with Gasteiger partial charge >= 0.3 is 0 Å². The molecule has 3 N–H and O–H groups in total. The van der Waals surface area contributed by atoms with Crippen LogP contribution in [0.4, 0.5) is 5.69 Å². The molecule has 1 aromatic rings. The van der Waals surface area contributed by atoms with Gasteiger partial charge in [-0.25, -0.2) is 0 Å². The molecule has 0 atom stereocenters. The largest absolute Gasteiger partial charge is 0.366 e. The number of rotatable bonds is 5. The predicted molar refractivity (Wildman–Crippen MR) is 78.3 cm³/mol. The second-order valence-electron chi connectivity index (χ2n) is 4.68. The van der Waals surface area contributed by atoms with Crippen molar-refractivity contribution < 1.29 is 9.59 Å². The fourth-order valence-electron chi connectivity index (χ4n) is 2.24. The minimum absolute atomic E-state index is 0.0781. The van der Waals surface area contributed by atoms with Crippen molar-refractivity contribution in [1.82, 2.24) is 0 Å². The van der Waals surface area contributed by atoms with Gasteiger partial charge in [0.05, 0.1) is 17.0 Å². The minimum atomic E-state index is -0.528. The Hall–Kier alpha value is -1.49. The standard InChI is InChI=1S/C14H18N2O2S/c15-14(18)11-7-3-4-8-12(11)16-13(17)9-19-10-5-1-2-6-10/h3-4,7-8,10H,1-2,5-6,9H2,(H2,15,18)(H,16,17). The van der Waals surface area contributed by atoms with Gasteiger partial charge in [0.1, 0.15) is 0 Å². The zero-order chi connectivity index (χ0) is 13.7. The maximum absolute atomic E-state index is 11.9. The average molecular weight is 278 g/mol. The number of amides is 2. The van der Waals surface area contributed by atoms with Gasteiger partial charge in [0.25, 0.3) is 5.91 Å². The van der Waals surface area contributed by atoms with Crippen molar-refractivity contribution in [2.45, 2.75) is 30.9 Å². The van der Waals surface area contributed by atoms with Gasteiger partial charge in [-0.3, -0.25) is 9.59 Å². The highest BCUT2D eigenvalue weighted by Gasteiger charge is 2.17. The van der Waals surface area contributed by atoms with Gasteiger partial charge in [-0.2, -0.15) is 0 Å². The Morgan fingerprint density at radius 2 is 1.95 bits per heavy atom. The van der Waals surface area contributed by atoms with Gasteiger partial charge in [0.15, 0.2) is 0 Å². The quantitative estimate of drug-likeness (QED) is 0.868. The molecule has 0 aliphatic heterocycles. The molecule has 0 heterocycles. The van der Waals surface area contributed by atoms with Crippen LogP contribution in [0.15, 0.2) is 24.3 Å². The number of carbonyl (C=O) groups is 2. The predicted octanol–water partition coefficient (Wildman–Crippen LogP) is 2.40. The summed E-state index contributed by atoms with van der Waals surface area (Å²) in [5.74, 6) is -0.178. The van der Waals surface area contributed by atoms with Crippen LogP contribution >= 0.6 is 11.8 Å². The van der Waals surface area contributed by atoms with Crippen LogP contribution < -0.4 is 11.1 Å². The maximum atomic E-state index is 11.9. The third-order valence-corrected chi connectivity index (χ3v) is 4.59. The van der Waals surface area contributed by atoms with Crippen LogP contribution in [-0.4, -0.2) is 22.8 Å². The third kappa shape index (κ3) is 3.99. The lowest BCUT2D eigenvalue weighted by atomic mass is 10.1. The number of hydrogen-bond donors (Lipinski definition) is 2. The third-order valence-electron chi connectivity index (χ3n) is 3.22. The number of benzene rings is 1. The van der Waals surface area contributed by atoms with Crippen molar-refractivity contribution >= 4 is 29.3 Å². The molecular weight excluding hydrogens is 260 g/mol. The first kappa shape index (κ1) is 13.9. The van der Waals surface area contributed by atoms with E-state index >= 15 is 0 Å². The van der Waals surface area contributed by atoms with E-state index in [0.29, 0.717) is 22.3 Å². The molecule has 19 heavy (non-hydrogen) atoms. The SMILES string of the molecule is NC(=O)c1ccccc1NC(=O)CSC1CCCC1. The zero-order valence-electron chi connectivity index (χ0n) is 10.7. The Morgan fingerprint density at radius 3 is 2.63 bits per heavy atom. The lowest BCUT2D eigenvalue weighted by molar-refractivity contribution is -0.113. The summed E-state index contributed by atoms with van der Waals surface area (Å²) < 4.78 is 0. The number of anilines is 1. The van der Waals surface area contributed by atoms with Crippen molar-refractivity contribution in [3.8, 4) is 0 Å². The van der Waals surface area contributed by atoms with E-state index in [1.807, 2.05) is 0 Å². The Bertz CT molecular complexity index is 470. The summed E-state index contributed by atoms with van der Waals surface area (Å²) >= 11 is 1.70. The smallest absolute Gasteiger partial charge is 0.250 e. The van der Waals surface area contributed by atoms with Crippen LogP contribution in [0.3, 0.4) is 0 Å². The molecular formula is C14H18N2O2S. The van der Waals surface area contributed by atoms with E-state index in [4.69, 9.17) is 5.73 Å². The Balaban J connectivity index is 1.89. The molecule has 1 aliphatic rings. The first-order valence-corrected chi connectivity index (χ1v) is 7.52. The van der Waals surface area contributed by atoms with E-state index in [1.54, 1.807) is 36.0 Å². The Labute approximate surface area is 117 Å². The summed E-state index contributed by atoms with van der Waals surface area (Å²) in [4.78, 5) is 23.1. The van der Waals surface area contributed by atoms with Gasteiger partial charge in [-0.1, -0.05) is 25.0 Å². The second-order valence-corrected chi connectivity index (χ2v) is 5.96. The summed E-state index contributed by atoms with van der Waals surface area (Å²) in [5.41, 5.74) is 6.11. The molecule has 0 bridgehead atoms. The van der Waals surface area contributed by atoms with E-state index in [-0.39, 0.29) is 5.91 Å². The van der Waals surface area contributed by atoms with Crippen molar-refractivity contribution in [1.29, 1.82) is 0 Å². The molecule has 1 saturated carbocycles. The fraction of sp³-hybridized carbons (Fsp3) is 0.429. The first-order valence-electron chi connectivity index (χ1n) is 6.47.